The molecule has 3 nitrogen and oxygen atoms in total. The Morgan fingerprint density at radius 3 is 2.92 bits per heavy atom. The van der Waals surface area contributed by atoms with Gasteiger partial charge in [0.1, 0.15) is 17.3 Å². The van der Waals surface area contributed by atoms with Crippen LogP contribution in [0.3, 0.4) is 0 Å². The van der Waals surface area contributed by atoms with Crippen molar-refractivity contribution < 1.29 is 4.79 Å². The van der Waals surface area contributed by atoms with Crippen LogP contribution in [0.15, 0.2) is 24.3 Å². The van der Waals surface area contributed by atoms with Crippen molar-refractivity contribution in [3.63, 3.8) is 0 Å². The molecule has 1 aromatic carbocycles. The quantitative estimate of drug-likeness (QED) is 0.733. The van der Waals surface area contributed by atoms with Crippen LogP contribution in [0.4, 0.5) is 0 Å². The minimum Gasteiger partial charge on any atom is -0.316 e. The molecule has 0 bridgehead atoms. The van der Waals surface area contributed by atoms with Crippen molar-refractivity contribution in [2.45, 2.75) is 6.04 Å². The van der Waals surface area contributed by atoms with Gasteiger partial charge in [0.15, 0.2) is 0 Å². The number of carbonyl (C=O) groups is 1. The van der Waals surface area contributed by atoms with E-state index in [1.807, 2.05) is 24.3 Å². The van der Waals surface area contributed by atoms with Gasteiger partial charge in [-0.3, -0.25) is 0 Å². The average molecular weight is 192 g/mol. The van der Waals surface area contributed by atoms with Gasteiger partial charge >= 0.3 is 0 Å². The highest BCUT2D eigenvalue weighted by Crippen LogP contribution is 2.24. The fraction of sp³-hybridized carbons (Fsp3) is 0.111. The fourth-order valence-corrected chi connectivity index (χ4v) is 2.02. The molecule has 0 amide bonds. The molecular formula is C9H8N2OS. The Hall–Kier alpha value is -1.26. The lowest BCUT2D eigenvalue weighted by Gasteiger charge is -1.93. The summed E-state index contributed by atoms with van der Waals surface area (Å²) in [7, 11) is 0. The van der Waals surface area contributed by atoms with E-state index in [-0.39, 0.29) is 0 Å². The molecule has 0 aliphatic heterocycles. The van der Waals surface area contributed by atoms with E-state index >= 15 is 0 Å². The average Bonchev–Trinajstić information content (AvgIpc) is 2.59. The highest BCUT2D eigenvalue weighted by molar-refractivity contribution is 7.18. The van der Waals surface area contributed by atoms with Crippen LogP contribution < -0.4 is 5.73 Å². The number of carbonyl (C=O) groups excluding carboxylic acids is 1. The lowest BCUT2D eigenvalue weighted by molar-refractivity contribution is -0.109. The molecule has 1 atom stereocenters. The summed E-state index contributed by atoms with van der Waals surface area (Å²) >= 11 is 1.46. The highest BCUT2D eigenvalue weighted by atomic mass is 32.1. The maximum atomic E-state index is 10.4. The van der Waals surface area contributed by atoms with Crippen molar-refractivity contribution in [3.05, 3.63) is 29.3 Å². The maximum Gasteiger partial charge on any atom is 0.143 e. The van der Waals surface area contributed by atoms with Crippen LogP contribution >= 0.6 is 11.3 Å². The summed E-state index contributed by atoms with van der Waals surface area (Å²) in [6.07, 6.45) is 0.706. The lowest BCUT2D eigenvalue weighted by atomic mass is 10.3. The van der Waals surface area contributed by atoms with Gasteiger partial charge in [-0.25, -0.2) is 4.98 Å². The molecule has 0 saturated heterocycles. The molecule has 1 aromatic heterocycles. The number of fused-ring (bicyclic) bond motifs is 1. The second-order valence-electron chi connectivity index (χ2n) is 2.68. The Kier molecular flexibility index (Phi) is 2.08. The van der Waals surface area contributed by atoms with Crippen molar-refractivity contribution in [2.24, 2.45) is 5.73 Å². The predicted octanol–water partition coefficient (Wildman–Crippen LogP) is 1.50. The first-order valence-corrected chi connectivity index (χ1v) is 4.69. The van der Waals surface area contributed by atoms with Crippen molar-refractivity contribution in [1.82, 2.24) is 4.98 Å². The zero-order valence-corrected chi connectivity index (χ0v) is 7.62. The van der Waals surface area contributed by atoms with Gasteiger partial charge in [0, 0.05) is 0 Å². The first-order valence-electron chi connectivity index (χ1n) is 3.87. The molecule has 0 fully saturated rings. The predicted molar refractivity (Wildman–Crippen MR) is 52.6 cm³/mol. The molecular weight excluding hydrogens is 184 g/mol. The summed E-state index contributed by atoms with van der Waals surface area (Å²) in [5.74, 6) is 0. The van der Waals surface area contributed by atoms with Gasteiger partial charge in [-0.2, -0.15) is 0 Å². The second kappa shape index (κ2) is 3.24. The summed E-state index contributed by atoms with van der Waals surface area (Å²) in [6.45, 7) is 0. The molecule has 0 radical (unpaired) electrons. The van der Waals surface area contributed by atoms with Crippen molar-refractivity contribution in [1.29, 1.82) is 0 Å². The Morgan fingerprint density at radius 1 is 1.46 bits per heavy atom. The normalized spacial score (nSPS) is 13.0. The largest absolute Gasteiger partial charge is 0.316 e. The third-order valence-electron chi connectivity index (χ3n) is 1.74. The van der Waals surface area contributed by atoms with E-state index in [1.165, 1.54) is 11.3 Å². The summed E-state index contributed by atoms with van der Waals surface area (Å²) in [6, 6.07) is 7.15. The number of nitrogens with zero attached hydrogens (tertiary/aromatic N) is 1. The summed E-state index contributed by atoms with van der Waals surface area (Å²) in [4.78, 5) is 14.7. The molecule has 0 aliphatic carbocycles. The Bertz CT molecular complexity index is 405. The van der Waals surface area contributed by atoms with E-state index in [4.69, 9.17) is 5.73 Å². The van der Waals surface area contributed by atoms with Gasteiger partial charge < -0.3 is 10.5 Å². The molecule has 0 unspecified atom stereocenters. The topological polar surface area (TPSA) is 56.0 Å². The molecule has 66 valence electrons. The molecule has 13 heavy (non-hydrogen) atoms. The SMILES string of the molecule is N[C@H](C=O)c1nc2ccccc2s1. The number of hydrogen-bond donors (Lipinski definition) is 1. The van der Waals surface area contributed by atoms with Crippen LogP contribution in [0.2, 0.25) is 0 Å². The van der Waals surface area contributed by atoms with Gasteiger partial charge in [0.25, 0.3) is 0 Å². The fourth-order valence-electron chi connectivity index (χ4n) is 1.09. The molecule has 0 saturated carbocycles. The summed E-state index contributed by atoms with van der Waals surface area (Å²) in [5, 5.41) is 0.677. The summed E-state index contributed by atoms with van der Waals surface area (Å²) < 4.78 is 1.06. The number of thiazole rings is 1. The lowest BCUT2D eigenvalue weighted by Crippen LogP contribution is -2.10. The minimum atomic E-state index is -0.586. The van der Waals surface area contributed by atoms with Crippen LogP contribution in [0.5, 0.6) is 0 Å². The van der Waals surface area contributed by atoms with E-state index in [0.717, 1.165) is 10.2 Å². The Morgan fingerprint density at radius 2 is 2.23 bits per heavy atom. The summed E-state index contributed by atoms with van der Waals surface area (Å²) in [5.41, 5.74) is 6.44. The molecule has 2 rings (SSSR count). The van der Waals surface area contributed by atoms with Gasteiger partial charge in [-0.15, -0.1) is 11.3 Å². The van der Waals surface area contributed by atoms with E-state index in [9.17, 15) is 4.79 Å². The number of hydrogen-bond acceptors (Lipinski definition) is 4. The first kappa shape index (κ1) is 8.34. The van der Waals surface area contributed by atoms with Crippen molar-refractivity contribution in [2.75, 3.05) is 0 Å². The molecule has 2 aromatic rings. The Labute approximate surface area is 79.2 Å². The molecule has 0 spiro atoms. The van der Waals surface area contributed by atoms with Gasteiger partial charge in [0.2, 0.25) is 0 Å². The van der Waals surface area contributed by atoms with Crippen LogP contribution in [0, 0.1) is 0 Å². The molecule has 0 aliphatic rings. The second-order valence-corrected chi connectivity index (χ2v) is 3.74. The minimum absolute atomic E-state index is 0.586. The van der Waals surface area contributed by atoms with E-state index < -0.39 is 6.04 Å². The van der Waals surface area contributed by atoms with Crippen LogP contribution in [0.25, 0.3) is 10.2 Å². The van der Waals surface area contributed by atoms with Crippen LogP contribution in [-0.4, -0.2) is 11.3 Å². The third-order valence-corrected chi connectivity index (χ3v) is 2.88. The van der Waals surface area contributed by atoms with E-state index in [1.54, 1.807) is 0 Å². The smallest absolute Gasteiger partial charge is 0.143 e. The maximum absolute atomic E-state index is 10.4. The van der Waals surface area contributed by atoms with Gasteiger partial charge in [0.05, 0.1) is 10.2 Å². The number of benzene rings is 1. The first-order chi connectivity index (χ1) is 6.31. The van der Waals surface area contributed by atoms with Crippen molar-refractivity contribution >= 4 is 27.8 Å². The highest BCUT2D eigenvalue weighted by Gasteiger charge is 2.09. The molecule has 2 N–H and O–H groups in total. The Balaban J connectivity index is 2.55. The van der Waals surface area contributed by atoms with Crippen LogP contribution in [0.1, 0.15) is 11.0 Å². The number of para-hydroxylation sites is 1. The number of aromatic nitrogens is 1. The van der Waals surface area contributed by atoms with Crippen LogP contribution in [-0.2, 0) is 4.79 Å². The number of nitrogens with two attached hydrogens (primary N) is 1. The third kappa shape index (κ3) is 1.46. The van der Waals surface area contributed by atoms with E-state index in [0.29, 0.717) is 11.3 Å². The van der Waals surface area contributed by atoms with E-state index in [2.05, 4.69) is 4.98 Å². The monoisotopic (exact) mass is 192 g/mol. The number of rotatable bonds is 2. The van der Waals surface area contributed by atoms with Gasteiger partial charge in [-0.1, -0.05) is 12.1 Å². The molecule has 1 heterocycles. The zero-order chi connectivity index (χ0) is 9.26. The standard InChI is InChI=1S/C9H8N2OS/c10-6(5-12)9-11-7-3-1-2-4-8(7)13-9/h1-6H,10H2/t6-/m1/s1. The van der Waals surface area contributed by atoms with Gasteiger partial charge in [-0.05, 0) is 12.1 Å². The van der Waals surface area contributed by atoms with Crippen molar-refractivity contribution in [3.8, 4) is 0 Å². The zero-order valence-electron chi connectivity index (χ0n) is 6.81. The molecule has 4 heteroatoms. The number of aldehydes is 1.